The SMILES string of the molecule is Cc1cnc(CN2CCNCC2C(C)C)cn1. The lowest BCUT2D eigenvalue weighted by Crippen LogP contribution is -2.53. The van der Waals surface area contributed by atoms with Crippen LogP contribution in [0.2, 0.25) is 0 Å². The van der Waals surface area contributed by atoms with E-state index in [2.05, 4.69) is 34.0 Å². The number of hydrogen-bond donors (Lipinski definition) is 1. The molecule has 17 heavy (non-hydrogen) atoms. The molecule has 2 rings (SSSR count). The van der Waals surface area contributed by atoms with Gasteiger partial charge in [0, 0.05) is 44.6 Å². The highest BCUT2D eigenvalue weighted by atomic mass is 15.2. The summed E-state index contributed by atoms with van der Waals surface area (Å²) in [6, 6.07) is 0.604. The molecule has 1 aliphatic rings. The van der Waals surface area contributed by atoms with Crippen molar-refractivity contribution in [2.75, 3.05) is 19.6 Å². The van der Waals surface area contributed by atoms with E-state index in [1.54, 1.807) is 0 Å². The topological polar surface area (TPSA) is 41.1 Å². The predicted octanol–water partition coefficient (Wildman–Crippen LogP) is 1.21. The van der Waals surface area contributed by atoms with Gasteiger partial charge in [-0.1, -0.05) is 13.8 Å². The summed E-state index contributed by atoms with van der Waals surface area (Å²) in [5.41, 5.74) is 2.05. The minimum atomic E-state index is 0.604. The molecule has 2 heterocycles. The zero-order valence-corrected chi connectivity index (χ0v) is 11.0. The van der Waals surface area contributed by atoms with Crippen molar-refractivity contribution in [3.63, 3.8) is 0 Å². The van der Waals surface area contributed by atoms with E-state index in [-0.39, 0.29) is 0 Å². The highest BCUT2D eigenvalue weighted by Gasteiger charge is 2.24. The third-order valence-corrected chi connectivity index (χ3v) is 3.37. The van der Waals surface area contributed by atoms with Crippen molar-refractivity contribution in [1.29, 1.82) is 0 Å². The van der Waals surface area contributed by atoms with E-state index in [0.717, 1.165) is 37.6 Å². The first-order chi connectivity index (χ1) is 8.16. The molecule has 1 aromatic heterocycles. The van der Waals surface area contributed by atoms with Gasteiger partial charge >= 0.3 is 0 Å². The molecule has 0 aliphatic carbocycles. The Kier molecular flexibility index (Phi) is 4.07. The van der Waals surface area contributed by atoms with Gasteiger partial charge in [0.25, 0.3) is 0 Å². The predicted molar refractivity (Wildman–Crippen MR) is 68.7 cm³/mol. The molecule has 0 amide bonds. The van der Waals surface area contributed by atoms with E-state index in [1.165, 1.54) is 0 Å². The number of nitrogens with one attached hydrogen (secondary N) is 1. The summed E-state index contributed by atoms with van der Waals surface area (Å²) in [7, 11) is 0. The molecule has 1 N–H and O–H groups in total. The standard InChI is InChI=1S/C13H22N4/c1-10(2)13-8-14-4-5-17(13)9-12-7-15-11(3)6-16-12/h6-7,10,13-14H,4-5,8-9H2,1-3H3. The van der Waals surface area contributed by atoms with E-state index in [1.807, 2.05) is 19.3 Å². The fraction of sp³-hybridized carbons (Fsp3) is 0.692. The third-order valence-electron chi connectivity index (χ3n) is 3.37. The van der Waals surface area contributed by atoms with E-state index in [4.69, 9.17) is 0 Å². The van der Waals surface area contributed by atoms with Crippen LogP contribution in [0.5, 0.6) is 0 Å². The first-order valence-corrected chi connectivity index (χ1v) is 6.39. The number of hydrogen-bond acceptors (Lipinski definition) is 4. The Morgan fingerprint density at radius 3 is 2.88 bits per heavy atom. The summed E-state index contributed by atoms with van der Waals surface area (Å²) in [5, 5.41) is 3.46. The number of piperazine rings is 1. The van der Waals surface area contributed by atoms with Gasteiger partial charge in [-0.05, 0) is 12.8 Å². The van der Waals surface area contributed by atoms with Crippen LogP contribution < -0.4 is 5.32 Å². The van der Waals surface area contributed by atoms with Gasteiger partial charge in [0.2, 0.25) is 0 Å². The maximum absolute atomic E-state index is 4.44. The Labute approximate surface area is 103 Å². The van der Waals surface area contributed by atoms with Crippen molar-refractivity contribution in [1.82, 2.24) is 20.2 Å². The lowest BCUT2D eigenvalue weighted by molar-refractivity contribution is 0.115. The minimum absolute atomic E-state index is 0.604. The number of aromatic nitrogens is 2. The van der Waals surface area contributed by atoms with Crippen LogP contribution in [0.3, 0.4) is 0 Å². The molecule has 0 spiro atoms. The summed E-state index contributed by atoms with van der Waals surface area (Å²) < 4.78 is 0. The molecule has 0 radical (unpaired) electrons. The molecule has 94 valence electrons. The second kappa shape index (κ2) is 5.56. The fourth-order valence-corrected chi connectivity index (χ4v) is 2.33. The molecule has 1 unspecified atom stereocenters. The highest BCUT2D eigenvalue weighted by molar-refractivity contribution is 5.01. The summed E-state index contributed by atoms with van der Waals surface area (Å²) in [5.74, 6) is 0.668. The molecule has 1 aliphatic heterocycles. The van der Waals surface area contributed by atoms with Gasteiger partial charge < -0.3 is 5.32 Å². The first-order valence-electron chi connectivity index (χ1n) is 6.39. The number of aryl methyl sites for hydroxylation is 1. The van der Waals surface area contributed by atoms with Crippen molar-refractivity contribution in [3.05, 3.63) is 23.8 Å². The zero-order chi connectivity index (χ0) is 12.3. The molecule has 0 saturated carbocycles. The monoisotopic (exact) mass is 234 g/mol. The fourth-order valence-electron chi connectivity index (χ4n) is 2.33. The largest absolute Gasteiger partial charge is 0.314 e. The molecule has 4 heteroatoms. The molecular formula is C13H22N4. The van der Waals surface area contributed by atoms with Gasteiger partial charge in [-0.3, -0.25) is 14.9 Å². The minimum Gasteiger partial charge on any atom is -0.314 e. The van der Waals surface area contributed by atoms with Gasteiger partial charge in [-0.15, -0.1) is 0 Å². The maximum atomic E-state index is 4.44. The highest BCUT2D eigenvalue weighted by Crippen LogP contribution is 2.15. The summed E-state index contributed by atoms with van der Waals surface area (Å²) in [6.45, 7) is 10.7. The summed E-state index contributed by atoms with van der Waals surface area (Å²) in [4.78, 5) is 11.3. The van der Waals surface area contributed by atoms with E-state index in [0.29, 0.717) is 12.0 Å². The van der Waals surface area contributed by atoms with Gasteiger partial charge in [0.05, 0.1) is 11.4 Å². The summed E-state index contributed by atoms with van der Waals surface area (Å²) >= 11 is 0. The van der Waals surface area contributed by atoms with E-state index < -0.39 is 0 Å². The Morgan fingerprint density at radius 2 is 2.24 bits per heavy atom. The number of rotatable bonds is 3. The smallest absolute Gasteiger partial charge is 0.0727 e. The molecule has 0 aromatic carbocycles. The van der Waals surface area contributed by atoms with Crippen LogP contribution in [0, 0.1) is 12.8 Å². The van der Waals surface area contributed by atoms with Crippen LogP contribution in [0.4, 0.5) is 0 Å². The molecular weight excluding hydrogens is 212 g/mol. The number of nitrogens with zero attached hydrogens (tertiary/aromatic N) is 3. The lowest BCUT2D eigenvalue weighted by Gasteiger charge is -2.38. The molecule has 1 atom stereocenters. The lowest BCUT2D eigenvalue weighted by atomic mass is 10.0. The third kappa shape index (κ3) is 3.23. The van der Waals surface area contributed by atoms with Crippen LogP contribution in [-0.2, 0) is 6.54 Å². The quantitative estimate of drug-likeness (QED) is 0.853. The molecule has 1 fully saturated rings. The molecule has 0 bridgehead atoms. The Balaban J connectivity index is 2.02. The average Bonchev–Trinajstić information content (AvgIpc) is 2.32. The van der Waals surface area contributed by atoms with Crippen LogP contribution in [0.25, 0.3) is 0 Å². The van der Waals surface area contributed by atoms with Crippen LogP contribution in [-0.4, -0.2) is 40.5 Å². The van der Waals surface area contributed by atoms with Crippen molar-refractivity contribution >= 4 is 0 Å². The van der Waals surface area contributed by atoms with Gasteiger partial charge in [-0.2, -0.15) is 0 Å². The Hall–Kier alpha value is -1.00. The Morgan fingerprint density at radius 1 is 1.41 bits per heavy atom. The van der Waals surface area contributed by atoms with Crippen molar-refractivity contribution in [3.8, 4) is 0 Å². The van der Waals surface area contributed by atoms with Crippen LogP contribution >= 0.6 is 0 Å². The van der Waals surface area contributed by atoms with Crippen molar-refractivity contribution in [2.24, 2.45) is 5.92 Å². The molecule has 1 saturated heterocycles. The van der Waals surface area contributed by atoms with Crippen LogP contribution in [0.15, 0.2) is 12.4 Å². The maximum Gasteiger partial charge on any atom is 0.0727 e. The molecule has 1 aromatic rings. The van der Waals surface area contributed by atoms with Gasteiger partial charge in [0.15, 0.2) is 0 Å². The van der Waals surface area contributed by atoms with Crippen LogP contribution in [0.1, 0.15) is 25.2 Å². The van der Waals surface area contributed by atoms with Crippen molar-refractivity contribution < 1.29 is 0 Å². The summed E-state index contributed by atoms with van der Waals surface area (Å²) in [6.07, 6.45) is 3.75. The normalized spacial score (nSPS) is 22.0. The van der Waals surface area contributed by atoms with Crippen molar-refractivity contribution in [2.45, 2.75) is 33.4 Å². The van der Waals surface area contributed by atoms with E-state index in [9.17, 15) is 0 Å². The second-order valence-corrected chi connectivity index (χ2v) is 5.14. The first kappa shape index (κ1) is 12.5. The van der Waals surface area contributed by atoms with Gasteiger partial charge in [-0.25, -0.2) is 0 Å². The zero-order valence-electron chi connectivity index (χ0n) is 11.0. The Bertz CT molecular complexity index is 347. The average molecular weight is 234 g/mol. The van der Waals surface area contributed by atoms with E-state index >= 15 is 0 Å². The second-order valence-electron chi connectivity index (χ2n) is 5.14. The molecule has 4 nitrogen and oxygen atoms in total. The van der Waals surface area contributed by atoms with Gasteiger partial charge in [0.1, 0.15) is 0 Å².